The number of hydrogen-bond donors (Lipinski definition) is 1. The predicted molar refractivity (Wildman–Crippen MR) is 95.9 cm³/mol. The van der Waals surface area contributed by atoms with Crippen molar-refractivity contribution < 1.29 is 4.79 Å². The van der Waals surface area contributed by atoms with Gasteiger partial charge in [-0.1, -0.05) is 19.1 Å². The molecule has 24 heavy (non-hydrogen) atoms. The van der Waals surface area contributed by atoms with Gasteiger partial charge in [-0.3, -0.25) is 4.79 Å². The second kappa shape index (κ2) is 6.77. The fraction of sp³-hybridized carbons (Fsp3) is 0.389. The molecular formula is C18H21ClN4O. The zero-order chi connectivity index (χ0) is 15.8. The Labute approximate surface area is 147 Å². The molecule has 1 aliphatic heterocycles. The molecule has 5 nitrogen and oxygen atoms in total. The molecule has 0 fully saturated rings. The van der Waals surface area contributed by atoms with Gasteiger partial charge in [-0.2, -0.15) is 5.10 Å². The summed E-state index contributed by atoms with van der Waals surface area (Å²) in [4.78, 5) is 15.9. The Morgan fingerprint density at radius 2 is 1.92 bits per heavy atom. The monoisotopic (exact) mass is 344 g/mol. The zero-order valence-electron chi connectivity index (χ0n) is 13.7. The first-order valence-electron chi connectivity index (χ1n) is 8.24. The highest BCUT2D eigenvalue weighted by Crippen LogP contribution is 2.24. The van der Waals surface area contributed by atoms with Gasteiger partial charge >= 0.3 is 0 Å². The molecule has 6 heteroatoms. The first kappa shape index (κ1) is 16.7. The van der Waals surface area contributed by atoms with Crippen LogP contribution < -0.4 is 5.43 Å². The van der Waals surface area contributed by atoms with Gasteiger partial charge in [0.1, 0.15) is 0 Å². The van der Waals surface area contributed by atoms with Gasteiger partial charge < -0.3 is 4.57 Å². The summed E-state index contributed by atoms with van der Waals surface area (Å²) in [5, 5.41) is 4.22. The van der Waals surface area contributed by atoms with Crippen LogP contribution in [-0.2, 0) is 17.6 Å². The number of carbonyl (C=O) groups excluding carboxylic acids is 1. The molecule has 2 heterocycles. The summed E-state index contributed by atoms with van der Waals surface area (Å²) in [5.41, 5.74) is 8.32. The van der Waals surface area contributed by atoms with Gasteiger partial charge in [-0.25, -0.2) is 10.4 Å². The number of amides is 1. The van der Waals surface area contributed by atoms with E-state index in [-0.39, 0.29) is 24.2 Å². The van der Waals surface area contributed by atoms with Crippen molar-refractivity contribution in [2.45, 2.75) is 39.0 Å². The minimum atomic E-state index is -0.0112. The Morgan fingerprint density at radius 1 is 1.17 bits per heavy atom. The molecule has 1 aliphatic carbocycles. The lowest BCUT2D eigenvalue weighted by atomic mass is 9.94. The fourth-order valence-electron chi connectivity index (χ4n) is 3.49. The van der Waals surface area contributed by atoms with Gasteiger partial charge in [0.05, 0.1) is 17.7 Å². The molecule has 1 unspecified atom stereocenters. The summed E-state index contributed by atoms with van der Waals surface area (Å²) < 4.78 is 2.20. The second-order valence-electron chi connectivity index (χ2n) is 6.40. The van der Waals surface area contributed by atoms with Gasteiger partial charge in [-0.15, -0.1) is 12.4 Å². The Balaban J connectivity index is 0.00000169. The molecule has 1 aromatic heterocycles. The van der Waals surface area contributed by atoms with E-state index in [1.807, 2.05) is 13.3 Å². The number of hydrazone groups is 1. The number of benzene rings is 1. The van der Waals surface area contributed by atoms with Crippen LogP contribution in [0.5, 0.6) is 0 Å². The van der Waals surface area contributed by atoms with Crippen LogP contribution in [0.15, 0.2) is 35.7 Å². The molecule has 4 rings (SSSR count). The number of imidazole rings is 1. The lowest BCUT2D eigenvalue weighted by Gasteiger charge is -2.19. The van der Waals surface area contributed by atoms with E-state index in [0.717, 1.165) is 29.8 Å². The quantitative estimate of drug-likeness (QED) is 0.910. The molecule has 1 atom stereocenters. The smallest absolute Gasteiger partial charge is 0.240 e. The van der Waals surface area contributed by atoms with Gasteiger partial charge in [-0.05, 0) is 43.4 Å². The lowest BCUT2D eigenvalue weighted by molar-refractivity contribution is -0.121. The maximum Gasteiger partial charge on any atom is 0.240 e. The van der Waals surface area contributed by atoms with Crippen molar-refractivity contribution in [3.8, 4) is 5.69 Å². The van der Waals surface area contributed by atoms with Crippen molar-refractivity contribution in [3.63, 3.8) is 0 Å². The third-order valence-electron chi connectivity index (χ3n) is 4.73. The normalized spacial score (nSPS) is 19.8. The molecule has 2 aliphatic rings. The van der Waals surface area contributed by atoms with E-state index in [0.29, 0.717) is 6.42 Å². The number of hydrogen-bond acceptors (Lipinski definition) is 3. The number of carbonyl (C=O) groups is 1. The molecule has 0 saturated heterocycles. The van der Waals surface area contributed by atoms with Crippen LogP contribution >= 0.6 is 12.4 Å². The van der Waals surface area contributed by atoms with Crippen LogP contribution in [-0.4, -0.2) is 21.2 Å². The molecular weight excluding hydrogens is 324 g/mol. The molecule has 0 bridgehead atoms. The highest BCUT2D eigenvalue weighted by Gasteiger charge is 2.22. The highest BCUT2D eigenvalue weighted by molar-refractivity contribution is 6.05. The Morgan fingerprint density at radius 3 is 2.67 bits per heavy atom. The number of fused-ring (bicyclic) bond motifs is 1. The minimum Gasteiger partial charge on any atom is -0.303 e. The van der Waals surface area contributed by atoms with Crippen LogP contribution in [0.4, 0.5) is 0 Å². The molecule has 0 radical (unpaired) electrons. The third kappa shape index (κ3) is 2.96. The van der Waals surface area contributed by atoms with Crippen LogP contribution in [0, 0.1) is 5.92 Å². The molecule has 1 aromatic carbocycles. The number of nitrogens with zero attached hydrogens (tertiary/aromatic N) is 3. The number of aryl methyl sites for hydroxylation is 1. The summed E-state index contributed by atoms with van der Waals surface area (Å²) in [5.74, 6) is 0.138. The third-order valence-corrected chi connectivity index (χ3v) is 4.73. The van der Waals surface area contributed by atoms with Crippen molar-refractivity contribution in [2.24, 2.45) is 11.0 Å². The predicted octanol–water partition coefficient (Wildman–Crippen LogP) is 3.03. The average molecular weight is 345 g/mol. The van der Waals surface area contributed by atoms with E-state index in [1.165, 1.54) is 24.2 Å². The molecule has 1 amide bonds. The average Bonchev–Trinajstić information content (AvgIpc) is 2.99. The van der Waals surface area contributed by atoms with E-state index in [2.05, 4.69) is 44.3 Å². The van der Waals surface area contributed by atoms with Gasteiger partial charge in [0.2, 0.25) is 5.91 Å². The van der Waals surface area contributed by atoms with E-state index in [1.54, 1.807) is 0 Å². The Hall–Kier alpha value is -2.14. The maximum absolute atomic E-state index is 11.4. The standard InChI is InChI=1S/C18H20N4O.ClH/c1-12-10-17(23)20-21-18(12)13-6-8-14(9-7-13)22-11-19-15-4-2-3-5-16(15)22;/h6-9,11-12H,2-5,10H2,1H3,(H,20,23);1H. The van der Waals surface area contributed by atoms with E-state index in [4.69, 9.17) is 0 Å². The van der Waals surface area contributed by atoms with E-state index in [9.17, 15) is 4.79 Å². The van der Waals surface area contributed by atoms with Crippen molar-refractivity contribution in [3.05, 3.63) is 47.5 Å². The van der Waals surface area contributed by atoms with Crippen LogP contribution in [0.2, 0.25) is 0 Å². The fourth-order valence-corrected chi connectivity index (χ4v) is 3.49. The number of rotatable bonds is 2. The summed E-state index contributed by atoms with van der Waals surface area (Å²) in [7, 11) is 0. The van der Waals surface area contributed by atoms with Crippen LogP contribution in [0.1, 0.15) is 43.1 Å². The zero-order valence-corrected chi connectivity index (χ0v) is 14.5. The van der Waals surface area contributed by atoms with Crippen molar-refractivity contribution >= 4 is 24.0 Å². The maximum atomic E-state index is 11.4. The van der Waals surface area contributed by atoms with Crippen molar-refractivity contribution in [1.29, 1.82) is 0 Å². The first-order valence-corrected chi connectivity index (χ1v) is 8.24. The largest absolute Gasteiger partial charge is 0.303 e. The summed E-state index contributed by atoms with van der Waals surface area (Å²) in [6, 6.07) is 8.38. The van der Waals surface area contributed by atoms with Crippen LogP contribution in [0.25, 0.3) is 5.69 Å². The Bertz CT molecular complexity index is 779. The Kier molecular flexibility index (Phi) is 4.71. The summed E-state index contributed by atoms with van der Waals surface area (Å²) in [6.45, 7) is 2.04. The number of halogens is 1. The molecule has 1 N–H and O–H groups in total. The topological polar surface area (TPSA) is 59.3 Å². The van der Waals surface area contributed by atoms with Gasteiger partial charge in [0, 0.05) is 23.7 Å². The molecule has 0 spiro atoms. The molecule has 126 valence electrons. The van der Waals surface area contributed by atoms with E-state index < -0.39 is 0 Å². The molecule has 0 saturated carbocycles. The van der Waals surface area contributed by atoms with Crippen molar-refractivity contribution in [1.82, 2.24) is 15.0 Å². The SMILES string of the molecule is CC1CC(=O)NN=C1c1ccc(-n2cnc3c2CCCC3)cc1.Cl. The lowest BCUT2D eigenvalue weighted by Crippen LogP contribution is -2.31. The van der Waals surface area contributed by atoms with Gasteiger partial charge in [0.25, 0.3) is 0 Å². The first-order chi connectivity index (χ1) is 11.2. The van der Waals surface area contributed by atoms with Gasteiger partial charge in [0.15, 0.2) is 0 Å². The number of nitrogens with one attached hydrogen (secondary N) is 1. The summed E-state index contributed by atoms with van der Waals surface area (Å²) in [6.07, 6.45) is 7.11. The molecule has 2 aromatic rings. The number of aromatic nitrogens is 2. The van der Waals surface area contributed by atoms with E-state index >= 15 is 0 Å². The summed E-state index contributed by atoms with van der Waals surface area (Å²) >= 11 is 0. The highest BCUT2D eigenvalue weighted by atomic mass is 35.5. The minimum absolute atomic E-state index is 0. The van der Waals surface area contributed by atoms with Crippen molar-refractivity contribution in [2.75, 3.05) is 0 Å². The van der Waals surface area contributed by atoms with Crippen LogP contribution in [0.3, 0.4) is 0 Å². The second-order valence-corrected chi connectivity index (χ2v) is 6.40.